The smallest absolute Gasteiger partial charge is 0.138 e. The number of ketones is 1. The lowest BCUT2D eigenvalue weighted by Gasteiger charge is -2.34. The van der Waals surface area contributed by atoms with Crippen molar-refractivity contribution < 1.29 is 9.18 Å². The first kappa shape index (κ1) is 14.0. The maximum atomic E-state index is 13.2. The Kier molecular flexibility index (Phi) is 4.23. The molecular weight excluding hydrogens is 241 g/mol. The lowest BCUT2D eigenvalue weighted by Crippen LogP contribution is -2.38. The number of rotatable bonds is 3. The molecule has 1 fully saturated rings. The van der Waals surface area contributed by atoms with E-state index in [1.165, 1.54) is 12.1 Å². The molecule has 104 valence electrons. The zero-order chi connectivity index (χ0) is 14.0. The Bertz CT molecular complexity index is 460. The van der Waals surface area contributed by atoms with Crippen LogP contribution >= 0.6 is 0 Å². The van der Waals surface area contributed by atoms with Crippen LogP contribution in [0.25, 0.3) is 0 Å². The van der Waals surface area contributed by atoms with Crippen LogP contribution in [0.3, 0.4) is 0 Å². The van der Waals surface area contributed by atoms with Gasteiger partial charge in [-0.1, -0.05) is 19.9 Å². The minimum absolute atomic E-state index is 0.0736. The monoisotopic (exact) mass is 263 g/mol. The molecule has 0 bridgehead atoms. The highest BCUT2D eigenvalue weighted by Crippen LogP contribution is 2.32. The van der Waals surface area contributed by atoms with E-state index in [2.05, 4.69) is 13.8 Å². The second-order valence-corrected chi connectivity index (χ2v) is 5.96. The number of hydrogen-bond donors (Lipinski definition) is 0. The zero-order valence-corrected chi connectivity index (χ0v) is 11.9. The third kappa shape index (κ3) is 3.34. The lowest BCUT2D eigenvalue weighted by molar-refractivity contribution is -0.127. The van der Waals surface area contributed by atoms with Crippen LogP contribution in [0.15, 0.2) is 24.3 Å². The fourth-order valence-electron chi connectivity index (χ4n) is 3.09. The van der Waals surface area contributed by atoms with E-state index < -0.39 is 0 Å². The van der Waals surface area contributed by atoms with Crippen LogP contribution in [0.5, 0.6) is 0 Å². The summed E-state index contributed by atoms with van der Waals surface area (Å²) >= 11 is 0. The summed E-state index contributed by atoms with van der Waals surface area (Å²) in [6.07, 6.45) is 1.79. The number of anilines is 1. The van der Waals surface area contributed by atoms with Gasteiger partial charge in [0.15, 0.2) is 0 Å². The Morgan fingerprint density at radius 3 is 2.74 bits per heavy atom. The zero-order valence-electron chi connectivity index (χ0n) is 11.9. The van der Waals surface area contributed by atoms with Crippen LogP contribution < -0.4 is 4.90 Å². The van der Waals surface area contributed by atoms with E-state index in [0.717, 1.165) is 12.1 Å². The van der Waals surface area contributed by atoms with Gasteiger partial charge in [0.05, 0.1) is 0 Å². The highest BCUT2D eigenvalue weighted by atomic mass is 19.1. The van der Waals surface area contributed by atoms with Crippen molar-refractivity contribution in [2.45, 2.75) is 26.7 Å². The van der Waals surface area contributed by atoms with Gasteiger partial charge in [-0.05, 0) is 36.5 Å². The number of nitrogens with zero attached hydrogens (tertiary/aromatic N) is 1. The second-order valence-electron chi connectivity index (χ2n) is 5.96. The Balaban J connectivity index is 2.06. The van der Waals surface area contributed by atoms with Gasteiger partial charge in [-0.2, -0.15) is 0 Å². The molecule has 1 aliphatic carbocycles. The molecule has 19 heavy (non-hydrogen) atoms. The fraction of sp³-hybridized carbons (Fsp3) is 0.562. The van der Waals surface area contributed by atoms with Gasteiger partial charge < -0.3 is 4.90 Å². The summed E-state index contributed by atoms with van der Waals surface area (Å²) in [5.41, 5.74) is 0.832. The van der Waals surface area contributed by atoms with Crippen molar-refractivity contribution in [3.05, 3.63) is 30.1 Å². The molecule has 1 saturated carbocycles. The molecule has 0 heterocycles. The minimum atomic E-state index is -0.235. The highest BCUT2D eigenvalue weighted by Gasteiger charge is 2.33. The molecule has 0 amide bonds. The predicted molar refractivity (Wildman–Crippen MR) is 75.7 cm³/mol. The molecule has 2 rings (SSSR count). The van der Waals surface area contributed by atoms with Crippen molar-refractivity contribution in [1.29, 1.82) is 0 Å². The van der Waals surface area contributed by atoms with Crippen LogP contribution in [0.1, 0.15) is 26.7 Å². The molecule has 3 unspecified atom stereocenters. The van der Waals surface area contributed by atoms with Crippen molar-refractivity contribution >= 4 is 11.5 Å². The molecule has 0 aromatic heterocycles. The fourth-order valence-corrected chi connectivity index (χ4v) is 3.09. The van der Waals surface area contributed by atoms with E-state index >= 15 is 0 Å². The van der Waals surface area contributed by atoms with E-state index in [1.54, 1.807) is 6.07 Å². The van der Waals surface area contributed by atoms with Crippen molar-refractivity contribution in [3.8, 4) is 0 Å². The van der Waals surface area contributed by atoms with Crippen LogP contribution in [-0.2, 0) is 4.79 Å². The number of Topliss-reactive ketones (excluding diaryl/α,β-unsaturated/α-hetero) is 1. The first-order valence-electron chi connectivity index (χ1n) is 6.96. The Labute approximate surface area is 114 Å². The van der Waals surface area contributed by atoms with Crippen LogP contribution in [0, 0.1) is 23.6 Å². The van der Waals surface area contributed by atoms with Gasteiger partial charge in [0.2, 0.25) is 0 Å². The van der Waals surface area contributed by atoms with Gasteiger partial charge in [0, 0.05) is 31.6 Å². The van der Waals surface area contributed by atoms with Crippen LogP contribution in [-0.4, -0.2) is 19.4 Å². The van der Waals surface area contributed by atoms with E-state index in [-0.39, 0.29) is 11.7 Å². The summed E-state index contributed by atoms with van der Waals surface area (Å²) in [6, 6.07) is 6.53. The quantitative estimate of drug-likeness (QED) is 0.831. The van der Waals surface area contributed by atoms with Crippen molar-refractivity contribution in [2.75, 3.05) is 18.5 Å². The molecule has 0 radical (unpaired) electrons. The number of benzene rings is 1. The standard InChI is InChI=1S/C16H22FNO/c1-11-7-12(2)15(16(19)8-11)10-18(3)14-6-4-5-13(17)9-14/h4-6,9,11-12,15H,7-8,10H2,1-3H3. The summed E-state index contributed by atoms with van der Waals surface area (Å²) in [4.78, 5) is 14.1. The number of carbonyl (C=O) groups excluding carboxylic acids is 1. The normalized spacial score (nSPS) is 27.4. The molecular formula is C16H22FNO. The third-order valence-corrected chi connectivity index (χ3v) is 4.14. The summed E-state index contributed by atoms with van der Waals surface area (Å²) in [5, 5.41) is 0. The predicted octanol–water partition coefficient (Wildman–Crippen LogP) is 3.51. The first-order chi connectivity index (χ1) is 8.97. The minimum Gasteiger partial charge on any atom is -0.374 e. The molecule has 2 nitrogen and oxygen atoms in total. The summed E-state index contributed by atoms with van der Waals surface area (Å²) in [6.45, 7) is 4.97. The highest BCUT2D eigenvalue weighted by molar-refractivity contribution is 5.83. The molecule has 0 spiro atoms. The Morgan fingerprint density at radius 1 is 1.37 bits per heavy atom. The van der Waals surface area contributed by atoms with Gasteiger partial charge in [-0.25, -0.2) is 4.39 Å². The molecule has 1 aliphatic rings. The van der Waals surface area contributed by atoms with Crippen LogP contribution in [0.4, 0.5) is 10.1 Å². The van der Waals surface area contributed by atoms with Gasteiger partial charge in [-0.3, -0.25) is 4.79 Å². The molecule has 0 aliphatic heterocycles. The molecule has 1 aromatic carbocycles. The van der Waals surface area contributed by atoms with E-state index in [1.807, 2.05) is 18.0 Å². The summed E-state index contributed by atoms with van der Waals surface area (Å²) in [7, 11) is 1.92. The van der Waals surface area contributed by atoms with E-state index in [0.29, 0.717) is 30.6 Å². The molecule has 0 saturated heterocycles. The van der Waals surface area contributed by atoms with Crippen molar-refractivity contribution in [2.24, 2.45) is 17.8 Å². The van der Waals surface area contributed by atoms with Gasteiger partial charge in [-0.15, -0.1) is 0 Å². The van der Waals surface area contributed by atoms with Crippen LogP contribution in [0.2, 0.25) is 0 Å². The SMILES string of the molecule is CC1CC(=O)C(CN(C)c2cccc(F)c2)C(C)C1. The first-order valence-corrected chi connectivity index (χ1v) is 6.96. The average Bonchev–Trinajstić information content (AvgIpc) is 2.33. The van der Waals surface area contributed by atoms with Crippen molar-refractivity contribution in [1.82, 2.24) is 0 Å². The maximum absolute atomic E-state index is 13.2. The largest absolute Gasteiger partial charge is 0.374 e. The number of carbonyl (C=O) groups is 1. The third-order valence-electron chi connectivity index (χ3n) is 4.14. The molecule has 1 aromatic rings. The molecule has 0 N–H and O–H groups in total. The topological polar surface area (TPSA) is 20.3 Å². The Morgan fingerprint density at radius 2 is 2.11 bits per heavy atom. The number of hydrogen-bond acceptors (Lipinski definition) is 2. The van der Waals surface area contributed by atoms with E-state index in [9.17, 15) is 9.18 Å². The second kappa shape index (κ2) is 5.72. The summed E-state index contributed by atoms with van der Waals surface area (Å²) in [5.74, 6) is 1.10. The van der Waals surface area contributed by atoms with E-state index in [4.69, 9.17) is 0 Å². The molecule has 3 heteroatoms. The van der Waals surface area contributed by atoms with Crippen molar-refractivity contribution in [3.63, 3.8) is 0 Å². The summed E-state index contributed by atoms with van der Waals surface area (Å²) < 4.78 is 13.2. The molecule has 3 atom stereocenters. The van der Waals surface area contributed by atoms with Gasteiger partial charge in [0.1, 0.15) is 11.6 Å². The number of halogens is 1. The average molecular weight is 263 g/mol. The maximum Gasteiger partial charge on any atom is 0.138 e. The Hall–Kier alpha value is -1.38. The lowest BCUT2D eigenvalue weighted by atomic mass is 9.74. The van der Waals surface area contributed by atoms with Gasteiger partial charge >= 0.3 is 0 Å². The van der Waals surface area contributed by atoms with Gasteiger partial charge in [0.25, 0.3) is 0 Å².